The molecular weight excluding hydrogens is 329 g/mol. The van der Waals surface area contributed by atoms with Crippen molar-refractivity contribution in [2.75, 3.05) is 37.6 Å². The fraction of sp³-hybridized carbons (Fsp3) is 0.381. The number of piperazine rings is 1. The van der Waals surface area contributed by atoms with Gasteiger partial charge in [-0.3, -0.25) is 0 Å². The molecule has 1 aliphatic heterocycles. The lowest BCUT2D eigenvalue weighted by Gasteiger charge is -2.36. The molecule has 1 aliphatic rings. The van der Waals surface area contributed by atoms with Crippen LogP contribution in [-0.2, 0) is 6.42 Å². The van der Waals surface area contributed by atoms with Crippen molar-refractivity contribution in [1.29, 1.82) is 0 Å². The van der Waals surface area contributed by atoms with Gasteiger partial charge in [-0.05, 0) is 49.6 Å². The molecule has 1 N–H and O–H groups in total. The van der Waals surface area contributed by atoms with E-state index in [-0.39, 0.29) is 11.8 Å². The zero-order valence-corrected chi connectivity index (χ0v) is 15.5. The minimum atomic E-state index is -0.237. The lowest BCUT2D eigenvalue weighted by atomic mass is 10.1. The molecule has 0 aromatic heterocycles. The Morgan fingerprint density at radius 3 is 2.38 bits per heavy atom. The summed E-state index contributed by atoms with van der Waals surface area (Å²) in [5, 5.41) is 2.96. The van der Waals surface area contributed by atoms with Crippen molar-refractivity contribution in [1.82, 2.24) is 10.2 Å². The highest BCUT2D eigenvalue weighted by Gasteiger charge is 2.21. The minimum Gasteiger partial charge on any atom is -0.368 e. The van der Waals surface area contributed by atoms with Crippen LogP contribution in [0.25, 0.3) is 0 Å². The van der Waals surface area contributed by atoms with E-state index in [1.54, 1.807) is 12.1 Å². The normalized spacial score (nSPS) is 14.4. The molecule has 0 bridgehead atoms. The first-order valence-corrected chi connectivity index (χ1v) is 9.12. The molecular formula is C21H26FN3O. The zero-order valence-electron chi connectivity index (χ0n) is 15.5. The number of carbonyl (C=O) groups is 1. The molecule has 138 valence electrons. The average molecular weight is 355 g/mol. The number of hydrogen-bond donors (Lipinski definition) is 1. The van der Waals surface area contributed by atoms with Crippen molar-refractivity contribution in [3.05, 3.63) is 65.0 Å². The first-order chi connectivity index (χ1) is 12.5. The van der Waals surface area contributed by atoms with Crippen molar-refractivity contribution >= 4 is 11.7 Å². The molecule has 2 amide bonds. The van der Waals surface area contributed by atoms with Gasteiger partial charge in [-0.1, -0.05) is 29.8 Å². The average Bonchev–Trinajstić information content (AvgIpc) is 2.63. The maximum Gasteiger partial charge on any atom is 0.317 e. The molecule has 26 heavy (non-hydrogen) atoms. The Morgan fingerprint density at radius 2 is 1.73 bits per heavy atom. The van der Waals surface area contributed by atoms with Gasteiger partial charge in [-0.15, -0.1) is 0 Å². The minimum absolute atomic E-state index is 0.0209. The van der Waals surface area contributed by atoms with Crippen molar-refractivity contribution in [2.45, 2.75) is 20.3 Å². The predicted molar refractivity (Wildman–Crippen MR) is 103 cm³/mol. The molecule has 1 heterocycles. The maximum atomic E-state index is 12.9. The van der Waals surface area contributed by atoms with Crippen LogP contribution >= 0.6 is 0 Å². The summed E-state index contributed by atoms with van der Waals surface area (Å²) in [6.45, 7) is 7.92. The van der Waals surface area contributed by atoms with Gasteiger partial charge in [0.15, 0.2) is 0 Å². The molecule has 0 unspecified atom stereocenters. The molecule has 0 radical (unpaired) electrons. The second-order valence-corrected chi connectivity index (χ2v) is 6.87. The van der Waals surface area contributed by atoms with E-state index >= 15 is 0 Å². The molecule has 2 aromatic carbocycles. The molecule has 0 atom stereocenters. The van der Waals surface area contributed by atoms with E-state index in [9.17, 15) is 9.18 Å². The molecule has 1 saturated heterocycles. The van der Waals surface area contributed by atoms with Gasteiger partial charge in [0.2, 0.25) is 0 Å². The number of amides is 2. The van der Waals surface area contributed by atoms with Crippen LogP contribution in [0.5, 0.6) is 0 Å². The van der Waals surface area contributed by atoms with Crippen LogP contribution in [0.1, 0.15) is 16.7 Å². The summed E-state index contributed by atoms with van der Waals surface area (Å²) >= 11 is 0. The molecule has 5 heteroatoms. The van der Waals surface area contributed by atoms with Gasteiger partial charge >= 0.3 is 6.03 Å². The van der Waals surface area contributed by atoms with Crippen molar-refractivity contribution in [3.8, 4) is 0 Å². The number of anilines is 1. The summed E-state index contributed by atoms with van der Waals surface area (Å²) in [6.07, 6.45) is 0.703. The number of nitrogens with zero attached hydrogens (tertiary/aromatic N) is 2. The van der Waals surface area contributed by atoms with E-state index in [1.807, 2.05) is 4.90 Å². The Balaban J connectivity index is 1.45. The molecule has 0 aliphatic carbocycles. The monoisotopic (exact) mass is 355 g/mol. The fourth-order valence-corrected chi connectivity index (χ4v) is 3.39. The summed E-state index contributed by atoms with van der Waals surface area (Å²) < 4.78 is 12.9. The number of nitrogens with one attached hydrogen (secondary N) is 1. The van der Waals surface area contributed by atoms with Gasteiger partial charge in [-0.2, -0.15) is 0 Å². The third kappa shape index (κ3) is 4.54. The molecule has 4 nitrogen and oxygen atoms in total. The summed E-state index contributed by atoms with van der Waals surface area (Å²) in [5.41, 5.74) is 4.82. The van der Waals surface area contributed by atoms with E-state index in [4.69, 9.17) is 0 Å². The Hall–Kier alpha value is -2.56. The van der Waals surface area contributed by atoms with Gasteiger partial charge in [0.1, 0.15) is 5.82 Å². The second-order valence-electron chi connectivity index (χ2n) is 6.87. The number of aryl methyl sites for hydroxylation is 2. The van der Waals surface area contributed by atoms with Crippen LogP contribution in [0, 0.1) is 19.7 Å². The summed E-state index contributed by atoms with van der Waals surface area (Å²) in [4.78, 5) is 16.5. The Morgan fingerprint density at radius 1 is 1.04 bits per heavy atom. The highest BCUT2D eigenvalue weighted by Crippen LogP contribution is 2.22. The Kier molecular flexibility index (Phi) is 5.76. The summed E-state index contributed by atoms with van der Waals surface area (Å²) in [5.74, 6) is -0.237. The predicted octanol–water partition coefficient (Wildman–Crippen LogP) is 3.52. The molecule has 3 rings (SSSR count). The van der Waals surface area contributed by atoms with Crippen LogP contribution in [0.15, 0.2) is 42.5 Å². The molecule has 0 spiro atoms. The number of hydrogen-bond acceptors (Lipinski definition) is 2. The largest absolute Gasteiger partial charge is 0.368 e. The van der Waals surface area contributed by atoms with E-state index in [0.717, 1.165) is 31.7 Å². The number of halogens is 1. The van der Waals surface area contributed by atoms with Crippen LogP contribution in [0.4, 0.5) is 14.9 Å². The van der Waals surface area contributed by atoms with Crippen molar-refractivity contribution < 1.29 is 9.18 Å². The lowest BCUT2D eigenvalue weighted by Crippen LogP contribution is -2.52. The second kappa shape index (κ2) is 8.21. The van der Waals surface area contributed by atoms with Gasteiger partial charge in [0.25, 0.3) is 0 Å². The number of benzene rings is 2. The Bertz CT molecular complexity index is 752. The quantitative estimate of drug-likeness (QED) is 0.911. The van der Waals surface area contributed by atoms with Crippen LogP contribution < -0.4 is 10.2 Å². The third-order valence-corrected chi connectivity index (χ3v) is 4.86. The topological polar surface area (TPSA) is 35.6 Å². The maximum absolute atomic E-state index is 12.9. The van der Waals surface area contributed by atoms with E-state index < -0.39 is 0 Å². The molecule has 2 aromatic rings. The fourth-order valence-electron chi connectivity index (χ4n) is 3.39. The summed E-state index contributed by atoms with van der Waals surface area (Å²) in [6, 6.07) is 12.9. The van der Waals surface area contributed by atoms with Crippen molar-refractivity contribution in [3.63, 3.8) is 0 Å². The molecule has 1 fully saturated rings. The first-order valence-electron chi connectivity index (χ1n) is 9.12. The third-order valence-electron chi connectivity index (χ3n) is 4.86. The number of carbonyl (C=O) groups excluding carboxylic acids is 1. The standard InChI is InChI=1S/C21H26FN3O/c1-16-3-8-20(17(2)15-16)24-11-13-25(14-12-24)21(26)23-10-9-18-4-6-19(22)7-5-18/h3-8,15H,9-14H2,1-2H3,(H,23,26). The van der Waals surface area contributed by atoms with E-state index in [2.05, 4.69) is 42.3 Å². The van der Waals surface area contributed by atoms with Gasteiger partial charge in [0, 0.05) is 38.4 Å². The van der Waals surface area contributed by atoms with E-state index in [1.165, 1.54) is 28.9 Å². The van der Waals surface area contributed by atoms with Gasteiger partial charge in [0.05, 0.1) is 0 Å². The number of rotatable bonds is 4. The van der Waals surface area contributed by atoms with Crippen molar-refractivity contribution in [2.24, 2.45) is 0 Å². The lowest BCUT2D eigenvalue weighted by molar-refractivity contribution is 0.194. The van der Waals surface area contributed by atoms with E-state index in [0.29, 0.717) is 13.0 Å². The zero-order chi connectivity index (χ0) is 18.5. The first kappa shape index (κ1) is 18.2. The molecule has 0 saturated carbocycles. The van der Waals surface area contributed by atoms with Crippen LogP contribution in [-0.4, -0.2) is 43.7 Å². The Labute approximate surface area is 154 Å². The number of urea groups is 1. The highest BCUT2D eigenvalue weighted by molar-refractivity contribution is 5.74. The van der Waals surface area contributed by atoms with Gasteiger partial charge in [-0.25, -0.2) is 9.18 Å². The SMILES string of the molecule is Cc1ccc(N2CCN(C(=O)NCCc3ccc(F)cc3)CC2)c(C)c1. The smallest absolute Gasteiger partial charge is 0.317 e. The van der Waals surface area contributed by atoms with Gasteiger partial charge < -0.3 is 15.1 Å². The van der Waals surface area contributed by atoms with Crippen LogP contribution in [0.2, 0.25) is 0 Å². The summed E-state index contributed by atoms with van der Waals surface area (Å²) in [7, 11) is 0. The highest BCUT2D eigenvalue weighted by atomic mass is 19.1. The van der Waals surface area contributed by atoms with Crippen LogP contribution in [0.3, 0.4) is 0 Å².